The number of urea groups is 1. The SMILES string of the molecule is C=Cc1cc(CNC(=O)NCc2ccc(C(C)(C)C)cc2)cc(F)c1CNS(=O)[O-]. The topological polar surface area (TPSA) is 93.3 Å². The van der Waals surface area contributed by atoms with Crippen molar-refractivity contribution < 1.29 is 17.9 Å². The summed E-state index contributed by atoms with van der Waals surface area (Å²) in [4.78, 5) is 12.1. The second-order valence-corrected chi connectivity index (χ2v) is 8.65. The zero-order valence-electron chi connectivity index (χ0n) is 17.4. The Morgan fingerprint density at radius 1 is 1.10 bits per heavy atom. The first kappa shape index (κ1) is 23.7. The molecule has 0 heterocycles. The van der Waals surface area contributed by atoms with Crippen molar-refractivity contribution in [1.29, 1.82) is 0 Å². The second-order valence-electron chi connectivity index (χ2n) is 7.89. The average molecular weight is 433 g/mol. The lowest BCUT2D eigenvalue weighted by molar-refractivity contribution is 0.240. The molecule has 2 rings (SSSR count). The normalized spacial score (nSPS) is 12.3. The predicted octanol–water partition coefficient (Wildman–Crippen LogP) is 3.65. The van der Waals surface area contributed by atoms with Crippen molar-refractivity contribution in [3.8, 4) is 0 Å². The molecule has 0 saturated heterocycles. The number of nitrogens with one attached hydrogen (secondary N) is 3. The Morgan fingerprint density at radius 2 is 1.70 bits per heavy atom. The molecule has 0 fully saturated rings. The Morgan fingerprint density at radius 3 is 2.23 bits per heavy atom. The predicted molar refractivity (Wildman–Crippen MR) is 116 cm³/mol. The molecule has 3 N–H and O–H groups in total. The molecule has 0 aliphatic rings. The number of hydrogen-bond donors (Lipinski definition) is 3. The Hall–Kier alpha value is -2.55. The van der Waals surface area contributed by atoms with Gasteiger partial charge in [0.1, 0.15) is 5.82 Å². The number of benzene rings is 2. The van der Waals surface area contributed by atoms with Crippen molar-refractivity contribution in [2.24, 2.45) is 0 Å². The zero-order chi connectivity index (χ0) is 22.3. The van der Waals surface area contributed by atoms with Crippen LogP contribution in [0.5, 0.6) is 0 Å². The molecule has 1 atom stereocenters. The number of rotatable bonds is 8. The van der Waals surface area contributed by atoms with E-state index >= 15 is 0 Å². The summed E-state index contributed by atoms with van der Waals surface area (Å²) in [6.45, 7) is 10.4. The van der Waals surface area contributed by atoms with Crippen molar-refractivity contribution in [1.82, 2.24) is 15.4 Å². The fourth-order valence-electron chi connectivity index (χ4n) is 2.87. The molecule has 0 aromatic heterocycles. The van der Waals surface area contributed by atoms with Gasteiger partial charge in [-0.2, -0.15) is 0 Å². The average Bonchev–Trinajstić information content (AvgIpc) is 2.68. The third kappa shape index (κ3) is 7.05. The van der Waals surface area contributed by atoms with Crippen LogP contribution in [0.4, 0.5) is 9.18 Å². The van der Waals surface area contributed by atoms with Crippen molar-refractivity contribution in [3.63, 3.8) is 0 Å². The largest absolute Gasteiger partial charge is 0.760 e. The summed E-state index contributed by atoms with van der Waals surface area (Å²) in [6, 6.07) is 10.6. The van der Waals surface area contributed by atoms with Crippen LogP contribution in [0, 0.1) is 5.82 Å². The summed E-state index contributed by atoms with van der Waals surface area (Å²) in [7, 11) is 0. The lowest BCUT2D eigenvalue weighted by atomic mass is 9.87. The van der Waals surface area contributed by atoms with Gasteiger partial charge in [0, 0.05) is 36.5 Å². The smallest absolute Gasteiger partial charge is 0.315 e. The van der Waals surface area contributed by atoms with Gasteiger partial charge in [0.05, 0.1) is 0 Å². The summed E-state index contributed by atoms with van der Waals surface area (Å²) in [5.41, 5.74) is 3.46. The molecule has 2 aromatic rings. The highest BCUT2D eigenvalue weighted by atomic mass is 32.2. The van der Waals surface area contributed by atoms with Gasteiger partial charge in [0.2, 0.25) is 0 Å². The lowest BCUT2D eigenvalue weighted by Gasteiger charge is -2.19. The Kier molecular flexibility index (Phi) is 8.28. The minimum atomic E-state index is -2.49. The highest BCUT2D eigenvalue weighted by molar-refractivity contribution is 7.77. The molecule has 0 spiro atoms. The van der Waals surface area contributed by atoms with Crippen LogP contribution < -0.4 is 15.4 Å². The van der Waals surface area contributed by atoms with Crippen molar-refractivity contribution in [2.45, 2.75) is 45.8 Å². The monoisotopic (exact) mass is 432 g/mol. The fraction of sp³-hybridized carbons (Fsp3) is 0.318. The van der Waals surface area contributed by atoms with Gasteiger partial charge < -0.3 is 15.2 Å². The molecule has 0 aliphatic heterocycles. The minimum absolute atomic E-state index is 0.0700. The maximum Gasteiger partial charge on any atom is 0.315 e. The van der Waals surface area contributed by atoms with Crippen LogP contribution in [0.15, 0.2) is 43.0 Å². The van der Waals surface area contributed by atoms with E-state index < -0.39 is 17.1 Å². The van der Waals surface area contributed by atoms with Crippen LogP contribution in [-0.4, -0.2) is 14.8 Å². The number of amides is 2. The Balaban J connectivity index is 1.92. The summed E-state index contributed by atoms with van der Waals surface area (Å²) >= 11 is -2.49. The van der Waals surface area contributed by atoms with Gasteiger partial charge in [-0.3, -0.25) is 4.21 Å². The van der Waals surface area contributed by atoms with Gasteiger partial charge >= 0.3 is 6.03 Å². The van der Waals surface area contributed by atoms with E-state index in [0.717, 1.165) is 5.56 Å². The van der Waals surface area contributed by atoms with E-state index in [4.69, 9.17) is 0 Å². The third-order valence-electron chi connectivity index (χ3n) is 4.60. The summed E-state index contributed by atoms with van der Waals surface area (Å²) in [6.07, 6.45) is 1.44. The van der Waals surface area contributed by atoms with Crippen LogP contribution in [0.3, 0.4) is 0 Å². The van der Waals surface area contributed by atoms with Crippen molar-refractivity contribution in [3.05, 3.63) is 76.6 Å². The summed E-state index contributed by atoms with van der Waals surface area (Å²) in [5.74, 6) is -0.568. The van der Waals surface area contributed by atoms with Gasteiger partial charge in [0.15, 0.2) is 0 Å². The maximum absolute atomic E-state index is 14.3. The van der Waals surface area contributed by atoms with E-state index in [1.54, 1.807) is 6.07 Å². The first-order chi connectivity index (χ1) is 14.1. The molecule has 0 aliphatic carbocycles. The van der Waals surface area contributed by atoms with E-state index in [1.165, 1.54) is 17.7 Å². The van der Waals surface area contributed by atoms with E-state index in [0.29, 0.717) is 17.7 Å². The van der Waals surface area contributed by atoms with Crippen molar-refractivity contribution in [2.75, 3.05) is 0 Å². The van der Waals surface area contributed by atoms with Crippen LogP contribution in [0.2, 0.25) is 0 Å². The molecule has 1 unspecified atom stereocenters. The molecule has 0 saturated carbocycles. The fourth-order valence-corrected chi connectivity index (χ4v) is 3.13. The molecular weight excluding hydrogens is 405 g/mol. The lowest BCUT2D eigenvalue weighted by Crippen LogP contribution is -2.34. The molecule has 6 nitrogen and oxygen atoms in total. The molecule has 30 heavy (non-hydrogen) atoms. The summed E-state index contributed by atoms with van der Waals surface area (Å²) in [5, 5.41) is 5.46. The number of carbonyl (C=O) groups excluding carboxylic acids is 1. The molecular formula is C22H27FN3O3S-. The molecule has 0 bridgehead atoms. The second kappa shape index (κ2) is 10.5. The number of halogens is 1. The molecule has 0 radical (unpaired) electrons. The highest BCUT2D eigenvalue weighted by Gasteiger charge is 2.13. The van der Waals surface area contributed by atoms with Gasteiger partial charge in [0.25, 0.3) is 0 Å². The molecule has 2 amide bonds. The highest BCUT2D eigenvalue weighted by Crippen LogP contribution is 2.22. The first-order valence-corrected chi connectivity index (χ1v) is 10.5. The standard InChI is InChI=1S/C22H28FN3O3S/c1-5-17-10-16(11-20(23)19(17)14-26-30(28)29)13-25-21(27)24-12-15-6-8-18(9-7-15)22(2,3)4/h5-11,26H,1,12-14H2,2-4H3,(H,28,29)(H2,24,25,27)/p-1. The Bertz CT molecular complexity index is 924. The minimum Gasteiger partial charge on any atom is -0.760 e. The van der Waals surface area contributed by atoms with Gasteiger partial charge in [-0.15, -0.1) is 0 Å². The number of carbonyl (C=O) groups is 1. The van der Waals surface area contributed by atoms with Crippen LogP contribution >= 0.6 is 0 Å². The third-order valence-corrected chi connectivity index (χ3v) is 4.98. The van der Waals surface area contributed by atoms with Crippen molar-refractivity contribution >= 4 is 23.4 Å². The molecule has 2 aromatic carbocycles. The van der Waals surface area contributed by atoms with E-state index in [1.807, 2.05) is 24.3 Å². The van der Waals surface area contributed by atoms with Gasteiger partial charge in [-0.05, 0) is 39.8 Å². The quantitative estimate of drug-likeness (QED) is 0.556. The van der Waals surface area contributed by atoms with E-state index in [-0.39, 0.29) is 30.1 Å². The van der Waals surface area contributed by atoms with Gasteiger partial charge in [-0.1, -0.05) is 57.7 Å². The zero-order valence-corrected chi connectivity index (χ0v) is 18.2. The molecule has 162 valence electrons. The maximum atomic E-state index is 14.3. The van der Waals surface area contributed by atoms with Crippen LogP contribution in [-0.2, 0) is 36.3 Å². The first-order valence-electron chi connectivity index (χ1n) is 9.47. The van der Waals surface area contributed by atoms with Crippen LogP contribution in [0.1, 0.15) is 48.6 Å². The molecule has 8 heteroatoms. The Labute approximate surface area is 179 Å². The van der Waals surface area contributed by atoms with Gasteiger partial charge in [-0.25, -0.2) is 13.9 Å². The van der Waals surface area contributed by atoms with E-state index in [2.05, 4.69) is 42.7 Å². The van der Waals surface area contributed by atoms with Crippen LogP contribution in [0.25, 0.3) is 6.08 Å². The van der Waals surface area contributed by atoms with E-state index in [9.17, 15) is 17.9 Å². The number of hydrogen-bond acceptors (Lipinski definition) is 3. The summed E-state index contributed by atoms with van der Waals surface area (Å²) < 4.78 is 37.8.